The van der Waals surface area contributed by atoms with E-state index in [1.165, 1.54) is 22.2 Å². The van der Waals surface area contributed by atoms with Crippen LogP contribution in [-0.4, -0.2) is 10.8 Å². The molecule has 0 radical (unpaired) electrons. The molecule has 0 bridgehead atoms. The SMILES string of the molecule is C1=C\n2c(cc3ccccc32)-c2ccccc2\N=C/1. The van der Waals surface area contributed by atoms with Gasteiger partial charge in [-0.3, -0.25) is 4.99 Å². The molecule has 1 aromatic heterocycles. The van der Waals surface area contributed by atoms with E-state index in [1.54, 1.807) is 0 Å². The lowest BCUT2D eigenvalue weighted by Crippen LogP contribution is -1.92. The van der Waals surface area contributed by atoms with E-state index >= 15 is 0 Å². The van der Waals surface area contributed by atoms with Crippen LogP contribution in [0, 0.1) is 0 Å². The van der Waals surface area contributed by atoms with E-state index in [-0.39, 0.29) is 0 Å². The second-order valence-electron chi connectivity index (χ2n) is 4.60. The summed E-state index contributed by atoms with van der Waals surface area (Å²) in [5, 5.41) is 1.25. The number of aromatic nitrogens is 1. The summed E-state index contributed by atoms with van der Waals surface area (Å²) in [5.41, 5.74) is 4.58. The maximum absolute atomic E-state index is 4.49. The van der Waals surface area contributed by atoms with Crippen molar-refractivity contribution >= 4 is 29.0 Å². The highest BCUT2D eigenvalue weighted by atomic mass is 15.0. The number of allylic oxidation sites excluding steroid dienone is 1. The van der Waals surface area contributed by atoms with E-state index in [1.807, 2.05) is 24.4 Å². The topological polar surface area (TPSA) is 17.3 Å². The number of fused-ring (bicyclic) bond motifs is 5. The molecule has 1 aliphatic heterocycles. The molecule has 0 saturated heterocycles. The van der Waals surface area contributed by atoms with E-state index < -0.39 is 0 Å². The highest BCUT2D eigenvalue weighted by Crippen LogP contribution is 2.35. The zero-order valence-electron chi connectivity index (χ0n) is 10.3. The molecule has 3 aromatic rings. The maximum Gasteiger partial charge on any atom is 0.0723 e. The number of para-hydroxylation sites is 2. The quantitative estimate of drug-likeness (QED) is 0.554. The van der Waals surface area contributed by atoms with Crippen molar-refractivity contribution in [2.75, 3.05) is 0 Å². The molecule has 2 nitrogen and oxygen atoms in total. The minimum absolute atomic E-state index is 1.01. The molecule has 2 aromatic carbocycles. The minimum Gasteiger partial charge on any atom is -0.316 e. The van der Waals surface area contributed by atoms with Gasteiger partial charge in [-0.25, -0.2) is 0 Å². The van der Waals surface area contributed by atoms with E-state index in [0.29, 0.717) is 0 Å². The molecular weight excluding hydrogens is 232 g/mol. The van der Waals surface area contributed by atoms with Crippen molar-refractivity contribution in [2.24, 2.45) is 4.99 Å². The van der Waals surface area contributed by atoms with Crippen LogP contribution in [0.5, 0.6) is 0 Å². The Balaban J connectivity index is 2.14. The number of aliphatic imine (C=N–C) groups is 1. The average Bonchev–Trinajstić information content (AvgIpc) is 2.79. The third-order valence-corrected chi connectivity index (χ3v) is 3.46. The molecule has 0 atom stereocenters. The first-order chi connectivity index (χ1) is 9.43. The van der Waals surface area contributed by atoms with Crippen LogP contribution in [0.15, 0.2) is 65.7 Å². The first-order valence-electron chi connectivity index (χ1n) is 6.34. The fourth-order valence-electron chi connectivity index (χ4n) is 2.59. The summed E-state index contributed by atoms with van der Waals surface area (Å²) >= 11 is 0. The summed E-state index contributed by atoms with van der Waals surface area (Å²) in [5.74, 6) is 0. The average molecular weight is 244 g/mol. The zero-order chi connectivity index (χ0) is 12.7. The Morgan fingerprint density at radius 1 is 0.895 bits per heavy atom. The van der Waals surface area contributed by atoms with Gasteiger partial charge in [-0.1, -0.05) is 36.4 Å². The molecule has 4 rings (SSSR count). The molecule has 1 aliphatic rings. The van der Waals surface area contributed by atoms with Crippen molar-refractivity contribution in [3.63, 3.8) is 0 Å². The van der Waals surface area contributed by atoms with Gasteiger partial charge in [0.25, 0.3) is 0 Å². The molecule has 0 N–H and O–H groups in total. The largest absolute Gasteiger partial charge is 0.316 e. The molecule has 0 fully saturated rings. The highest BCUT2D eigenvalue weighted by Gasteiger charge is 2.12. The maximum atomic E-state index is 4.49. The van der Waals surface area contributed by atoms with Gasteiger partial charge < -0.3 is 4.57 Å². The predicted octanol–water partition coefficient (Wildman–Crippen LogP) is 4.49. The lowest BCUT2D eigenvalue weighted by Gasteiger charge is -2.10. The first kappa shape index (κ1) is 10.3. The van der Waals surface area contributed by atoms with Crippen LogP contribution in [0.4, 0.5) is 5.69 Å². The molecular formula is C17H12N2. The highest BCUT2D eigenvalue weighted by molar-refractivity contribution is 5.94. The van der Waals surface area contributed by atoms with Crippen LogP contribution in [0.2, 0.25) is 0 Å². The molecule has 0 amide bonds. The monoisotopic (exact) mass is 244 g/mol. The predicted molar refractivity (Wildman–Crippen MR) is 80.9 cm³/mol. The van der Waals surface area contributed by atoms with E-state index in [4.69, 9.17) is 0 Å². The fraction of sp³-hybridized carbons (Fsp3) is 0. The van der Waals surface area contributed by atoms with Crippen molar-refractivity contribution in [1.29, 1.82) is 0 Å². The van der Waals surface area contributed by atoms with Crippen molar-refractivity contribution in [3.05, 3.63) is 60.7 Å². The van der Waals surface area contributed by atoms with E-state index in [0.717, 1.165) is 5.69 Å². The summed E-state index contributed by atoms with van der Waals surface area (Å²) in [6.45, 7) is 0. The smallest absolute Gasteiger partial charge is 0.0723 e. The molecule has 0 aliphatic carbocycles. The molecule has 90 valence electrons. The normalized spacial score (nSPS) is 16.2. The summed E-state index contributed by atoms with van der Waals surface area (Å²) in [7, 11) is 0. The van der Waals surface area contributed by atoms with Crippen LogP contribution >= 0.6 is 0 Å². The zero-order valence-corrected chi connectivity index (χ0v) is 10.3. The van der Waals surface area contributed by atoms with Crippen LogP contribution in [0.3, 0.4) is 0 Å². The molecule has 2 heteroatoms. The van der Waals surface area contributed by atoms with Gasteiger partial charge in [0.05, 0.1) is 16.9 Å². The second-order valence-corrected chi connectivity index (χ2v) is 4.60. The van der Waals surface area contributed by atoms with Gasteiger partial charge >= 0.3 is 0 Å². The Morgan fingerprint density at radius 2 is 1.74 bits per heavy atom. The number of hydrogen-bond donors (Lipinski definition) is 0. The summed E-state index contributed by atoms with van der Waals surface area (Å²) in [6.07, 6.45) is 5.89. The Hall–Kier alpha value is -2.61. The minimum atomic E-state index is 1.01. The molecule has 0 saturated carbocycles. The van der Waals surface area contributed by atoms with Crippen LogP contribution < -0.4 is 0 Å². The van der Waals surface area contributed by atoms with Crippen LogP contribution in [-0.2, 0) is 0 Å². The molecule has 19 heavy (non-hydrogen) atoms. The van der Waals surface area contributed by atoms with Gasteiger partial charge in [-0.05, 0) is 24.3 Å². The lowest BCUT2D eigenvalue weighted by molar-refractivity contribution is 1.23. The van der Waals surface area contributed by atoms with Gasteiger partial charge in [0.2, 0.25) is 0 Å². The lowest BCUT2D eigenvalue weighted by atomic mass is 10.1. The fourth-order valence-corrected chi connectivity index (χ4v) is 2.59. The summed E-state index contributed by atoms with van der Waals surface area (Å²) in [4.78, 5) is 4.49. The first-order valence-corrected chi connectivity index (χ1v) is 6.34. The Labute approximate surface area is 111 Å². The van der Waals surface area contributed by atoms with Crippen LogP contribution in [0.1, 0.15) is 0 Å². The second kappa shape index (κ2) is 3.95. The van der Waals surface area contributed by atoms with Crippen molar-refractivity contribution in [2.45, 2.75) is 0 Å². The molecule has 2 heterocycles. The Bertz CT molecular complexity index is 822. The third-order valence-electron chi connectivity index (χ3n) is 3.46. The van der Waals surface area contributed by atoms with Gasteiger partial charge in [-0.2, -0.15) is 0 Å². The van der Waals surface area contributed by atoms with E-state index in [9.17, 15) is 0 Å². The van der Waals surface area contributed by atoms with Crippen LogP contribution in [0.25, 0.3) is 28.4 Å². The van der Waals surface area contributed by atoms with Gasteiger partial charge in [0.15, 0.2) is 0 Å². The van der Waals surface area contributed by atoms with Gasteiger partial charge in [0, 0.05) is 23.4 Å². The van der Waals surface area contributed by atoms with E-state index in [2.05, 4.69) is 58.2 Å². The Kier molecular flexibility index (Phi) is 2.15. The number of benzene rings is 2. The third kappa shape index (κ3) is 1.54. The number of hydrogen-bond acceptors (Lipinski definition) is 1. The summed E-state index contributed by atoms with van der Waals surface area (Å²) < 4.78 is 2.22. The van der Waals surface area contributed by atoms with Gasteiger partial charge in [-0.15, -0.1) is 0 Å². The van der Waals surface area contributed by atoms with Crippen molar-refractivity contribution in [3.8, 4) is 11.3 Å². The number of nitrogens with zero attached hydrogens (tertiary/aromatic N) is 2. The summed E-state index contributed by atoms with van der Waals surface area (Å²) in [6, 6.07) is 18.9. The standard InChI is InChI=1S/C17H12N2/c1-4-9-16-13(6-1)12-17-14-7-2-3-8-15(14)18-10-5-11-19(16)17/h1-12H/b11-5-,18-10-. The van der Waals surface area contributed by atoms with Gasteiger partial charge in [0.1, 0.15) is 0 Å². The number of rotatable bonds is 0. The van der Waals surface area contributed by atoms with Crippen molar-refractivity contribution < 1.29 is 0 Å². The Morgan fingerprint density at radius 3 is 2.74 bits per heavy atom. The van der Waals surface area contributed by atoms with Crippen molar-refractivity contribution in [1.82, 2.24) is 4.57 Å². The molecule has 0 spiro atoms. The molecule has 0 unspecified atom stereocenters.